The van der Waals surface area contributed by atoms with Crippen molar-refractivity contribution >= 4 is 34.8 Å². The monoisotopic (exact) mass is 412 g/mol. The van der Waals surface area contributed by atoms with Crippen molar-refractivity contribution in [3.8, 4) is 10.7 Å². The van der Waals surface area contributed by atoms with Gasteiger partial charge in [0.1, 0.15) is 0 Å². The van der Waals surface area contributed by atoms with Gasteiger partial charge in [0.2, 0.25) is 5.91 Å². The number of ketones is 1. The molecule has 1 amide bonds. The zero-order chi connectivity index (χ0) is 19.5. The van der Waals surface area contributed by atoms with E-state index >= 15 is 0 Å². The molecule has 3 aromatic rings. The molecule has 2 heterocycles. The Kier molecular flexibility index (Phi) is 5.59. The Hall–Kier alpha value is -2.45. The maximum absolute atomic E-state index is 12.7. The highest BCUT2D eigenvalue weighted by Crippen LogP contribution is 2.28. The van der Waals surface area contributed by atoms with Gasteiger partial charge < -0.3 is 10.3 Å². The van der Waals surface area contributed by atoms with Gasteiger partial charge in [-0.1, -0.05) is 30.0 Å². The van der Waals surface area contributed by atoms with Gasteiger partial charge in [-0.05, 0) is 47.9 Å². The number of nitrogens with two attached hydrogens (primary N) is 1. The van der Waals surface area contributed by atoms with Gasteiger partial charge in [0.05, 0.1) is 10.6 Å². The van der Waals surface area contributed by atoms with Crippen molar-refractivity contribution in [1.29, 1.82) is 0 Å². The second-order valence-electron chi connectivity index (χ2n) is 6.70. The van der Waals surface area contributed by atoms with Crippen LogP contribution in [0, 0.1) is 0 Å². The molecule has 0 aliphatic heterocycles. The van der Waals surface area contributed by atoms with Crippen molar-refractivity contribution in [3.05, 3.63) is 52.4 Å². The summed E-state index contributed by atoms with van der Waals surface area (Å²) in [6.07, 6.45) is 3.52. The summed E-state index contributed by atoms with van der Waals surface area (Å²) in [5.41, 5.74) is 8.71. The van der Waals surface area contributed by atoms with Gasteiger partial charge in [-0.2, -0.15) is 0 Å². The molecule has 0 unspecified atom stereocenters. The lowest BCUT2D eigenvalue weighted by molar-refractivity contribution is -0.118. The minimum absolute atomic E-state index is 0.0711. The maximum atomic E-state index is 12.7. The Morgan fingerprint density at radius 2 is 2.04 bits per heavy atom. The van der Waals surface area contributed by atoms with Crippen molar-refractivity contribution < 1.29 is 9.59 Å². The number of aryl methyl sites for hydroxylation is 2. The SMILES string of the molecule is NC(=O)CCn1c(SCC(=O)c2ccc3c(c2)CCC3)nnc1-c1cccs1. The van der Waals surface area contributed by atoms with Crippen molar-refractivity contribution in [2.45, 2.75) is 37.4 Å². The first-order valence-electron chi connectivity index (χ1n) is 9.15. The number of thioether (sulfide) groups is 1. The van der Waals surface area contributed by atoms with E-state index in [1.165, 1.54) is 22.9 Å². The molecular weight excluding hydrogens is 392 g/mol. The number of amides is 1. The smallest absolute Gasteiger partial charge is 0.219 e. The third-order valence-corrected chi connectivity index (χ3v) is 6.63. The fraction of sp³-hybridized carbons (Fsp3) is 0.300. The highest BCUT2D eigenvalue weighted by molar-refractivity contribution is 7.99. The van der Waals surface area contributed by atoms with Gasteiger partial charge in [0.15, 0.2) is 16.8 Å². The molecular formula is C20H20N4O2S2. The fourth-order valence-corrected chi connectivity index (χ4v) is 4.94. The van der Waals surface area contributed by atoms with Crippen LogP contribution in [0.15, 0.2) is 40.9 Å². The van der Waals surface area contributed by atoms with E-state index < -0.39 is 0 Å². The first kappa shape index (κ1) is 18.9. The molecule has 8 heteroatoms. The molecule has 0 saturated carbocycles. The number of fused-ring (bicyclic) bond motifs is 1. The van der Waals surface area contributed by atoms with Crippen LogP contribution in [0.5, 0.6) is 0 Å². The van der Waals surface area contributed by atoms with Crippen LogP contribution in [-0.4, -0.2) is 32.2 Å². The maximum Gasteiger partial charge on any atom is 0.219 e. The van der Waals surface area contributed by atoms with E-state index in [1.54, 1.807) is 11.3 Å². The first-order chi connectivity index (χ1) is 13.6. The molecule has 0 spiro atoms. The summed E-state index contributed by atoms with van der Waals surface area (Å²) in [5.74, 6) is 0.666. The standard InChI is InChI=1S/C20H20N4O2S2/c21-18(26)8-9-24-19(17-5-2-10-27-17)22-23-20(24)28-12-16(25)15-7-6-13-3-1-4-14(13)11-15/h2,5-7,10-11H,1,3-4,8-9,12H2,(H2,21,26). The number of thiophene rings is 1. The second-order valence-corrected chi connectivity index (χ2v) is 8.59. The molecule has 1 aliphatic rings. The van der Waals surface area contributed by atoms with Crippen LogP contribution in [-0.2, 0) is 24.2 Å². The lowest BCUT2D eigenvalue weighted by atomic mass is 10.0. The van der Waals surface area contributed by atoms with Crippen molar-refractivity contribution in [2.24, 2.45) is 5.73 Å². The molecule has 144 valence electrons. The highest BCUT2D eigenvalue weighted by atomic mass is 32.2. The van der Waals surface area contributed by atoms with Gasteiger partial charge >= 0.3 is 0 Å². The Balaban J connectivity index is 1.51. The van der Waals surface area contributed by atoms with Crippen LogP contribution in [0.25, 0.3) is 10.7 Å². The number of benzene rings is 1. The largest absolute Gasteiger partial charge is 0.370 e. The molecule has 2 aromatic heterocycles. The third-order valence-electron chi connectivity index (χ3n) is 4.79. The van der Waals surface area contributed by atoms with Crippen molar-refractivity contribution in [3.63, 3.8) is 0 Å². The molecule has 4 rings (SSSR count). The Morgan fingerprint density at radius 3 is 2.82 bits per heavy atom. The van der Waals surface area contributed by atoms with Gasteiger partial charge in [-0.3, -0.25) is 9.59 Å². The minimum Gasteiger partial charge on any atom is -0.370 e. The summed E-state index contributed by atoms with van der Waals surface area (Å²) in [7, 11) is 0. The lowest BCUT2D eigenvalue weighted by Crippen LogP contribution is -2.15. The zero-order valence-electron chi connectivity index (χ0n) is 15.3. The van der Waals surface area contributed by atoms with E-state index in [-0.39, 0.29) is 23.9 Å². The average molecular weight is 413 g/mol. The van der Waals surface area contributed by atoms with E-state index in [9.17, 15) is 9.59 Å². The minimum atomic E-state index is -0.379. The van der Waals surface area contributed by atoms with Crippen LogP contribution in [0.2, 0.25) is 0 Å². The van der Waals surface area contributed by atoms with Crippen LogP contribution >= 0.6 is 23.1 Å². The number of carbonyl (C=O) groups is 2. The summed E-state index contributed by atoms with van der Waals surface area (Å²) in [4.78, 5) is 24.9. The van der Waals surface area contributed by atoms with E-state index in [2.05, 4.69) is 16.3 Å². The Morgan fingerprint density at radius 1 is 1.18 bits per heavy atom. The molecule has 1 aliphatic carbocycles. The molecule has 0 saturated heterocycles. The number of nitrogens with zero attached hydrogens (tertiary/aromatic N) is 3. The normalized spacial score (nSPS) is 12.9. The molecule has 2 N–H and O–H groups in total. The number of aromatic nitrogens is 3. The second kappa shape index (κ2) is 8.28. The first-order valence-corrected chi connectivity index (χ1v) is 11.0. The molecule has 0 bridgehead atoms. The predicted molar refractivity (Wildman–Crippen MR) is 111 cm³/mol. The zero-order valence-corrected chi connectivity index (χ0v) is 16.9. The number of Topliss-reactive ketones (excluding diaryl/α,β-unsaturated/α-hetero) is 1. The number of rotatable bonds is 8. The van der Waals surface area contributed by atoms with E-state index in [4.69, 9.17) is 5.73 Å². The summed E-state index contributed by atoms with van der Waals surface area (Å²) in [5, 5.41) is 11.1. The molecule has 28 heavy (non-hydrogen) atoms. The van der Waals surface area contributed by atoms with Crippen LogP contribution in [0.1, 0.15) is 34.3 Å². The van der Waals surface area contributed by atoms with E-state index in [1.807, 2.05) is 34.2 Å². The Labute approximate surface area is 171 Å². The van der Waals surface area contributed by atoms with E-state index in [0.717, 1.165) is 29.7 Å². The number of primary amides is 1. The number of hydrogen-bond acceptors (Lipinski definition) is 6. The average Bonchev–Trinajstić information content (AvgIpc) is 3.43. The summed E-state index contributed by atoms with van der Waals surface area (Å²) < 4.78 is 1.87. The molecule has 0 radical (unpaired) electrons. The highest BCUT2D eigenvalue weighted by Gasteiger charge is 2.18. The topological polar surface area (TPSA) is 90.9 Å². The van der Waals surface area contributed by atoms with E-state index in [0.29, 0.717) is 17.5 Å². The summed E-state index contributed by atoms with van der Waals surface area (Å²) in [6, 6.07) is 9.92. The third kappa shape index (κ3) is 4.02. The van der Waals surface area contributed by atoms with Gasteiger partial charge in [-0.25, -0.2) is 0 Å². The quantitative estimate of drug-likeness (QED) is 0.453. The van der Waals surface area contributed by atoms with Gasteiger partial charge in [0.25, 0.3) is 0 Å². The number of carbonyl (C=O) groups excluding carboxylic acids is 2. The van der Waals surface area contributed by atoms with Crippen molar-refractivity contribution in [1.82, 2.24) is 14.8 Å². The summed E-state index contributed by atoms with van der Waals surface area (Å²) in [6.45, 7) is 0.394. The molecule has 0 fully saturated rings. The number of hydrogen-bond donors (Lipinski definition) is 1. The van der Waals surface area contributed by atoms with Gasteiger partial charge in [0, 0.05) is 18.5 Å². The summed E-state index contributed by atoms with van der Waals surface area (Å²) >= 11 is 2.90. The fourth-order valence-electron chi connectivity index (χ4n) is 3.37. The van der Waals surface area contributed by atoms with Crippen molar-refractivity contribution in [2.75, 3.05) is 5.75 Å². The molecule has 1 aromatic carbocycles. The predicted octanol–water partition coefficient (Wildman–Crippen LogP) is 3.35. The Bertz CT molecular complexity index is 1010. The lowest BCUT2D eigenvalue weighted by Gasteiger charge is -2.08. The van der Waals surface area contributed by atoms with Crippen LogP contribution in [0.3, 0.4) is 0 Å². The molecule has 0 atom stereocenters. The van der Waals surface area contributed by atoms with Crippen LogP contribution < -0.4 is 5.73 Å². The van der Waals surface area contributed by atoms with Crippen LogP contribution in [0.4, 0.5) is 0 Å². The molecule has 6 nitrogen and oxygen atoms in total. The van der Waals surface area contributed by atoms with Gasteiger partial charge in [-0.15, -0.1) is 21.5 Å².